The maximum Gasteiger partial charge on any atom is 0.311 e. The van der Waals surface area contributed by atoms with Gasteiger partial charge in [0.2, 0.25) is 6.79 Å². The number of likely N-dealkylation sites (tertiary alicyclic amines) is 1. The summed E-state index contributed by atoms with van der Waals surface area (Å²) in [4.78, 5) is 27.0. The molecule has 6 nitrogen and oxygen atoms in total. The van der Waals surface area contributed by atoms with Crippen LogP contribution in [-0.4, -0.2) is 41.8 Å². The lowest BCUT2D eigenvalue weighted by Crippen LogP contribution is -2.51. The molecule has 146 valence electrons. The molecule has 1 amide bonds. The van der Waals surface area contributed by atoms with Gasteiger partial charge in [-0.05, 0) is 55.5 Å². The highest BCUT2D eigenvalue weighted by Gasteiger charge is 2.44. The first kappa shape index (κ1) is 18.3. The molecule has 2 heterocycles. The zero-order valence-electron chi connectivity index (χ0n) is 15.8. The molecule has 1 unspecified atom stereocenters. The first-order valence-electron chi connectivity index (χ1n) is 9.45. The molecular formula is C22H23NO5. The Bertz CT molecular complexity index is 925. The minimum Gasteiger partial charge on any atom is -0.481 e. The number of amides is 1. The molecule has 2 aliphatic heterocycles. The minimum atomic E-state index is -0.976. The summed E-state index contributed by atoms with van der Waals surface area (Å²) in [5.74, 6) is 0.147. The third kappa shape index (κ3) is 3.30. The molecule has 1 atom stereocenters. The van der Waals surface area contributed by atoms with Crippen molar-refractivity contribution in [1.82, 2.24) is 4.90 Å². The number of carboxylic acids is 1. The van der Waals surface area contributed by atoms with E-state index >= 15 is 0 Å². The monoisotopic (exact) mass is 381 g/mol. The third-order valence-electron chi connectivity index (χ3n) is 5.73. The Morgan fingerprint density at radius 2 is 1.93 bits per heavy atom. The van der Waals surface area contributed by atoms with Gasteiger partial charge in [-0.2, -0.15) is 0 Å². The van der Waals surface area contributed by atoms with E-state index in [0.29, 0.717) is 42.9 Å². The SMILES string of the molecule is Cc1ccccc1CC1(C(=O)O)CCCN(C(=O)c2ccc3c(c2)OCO3)C1. The van der Waals surface area contributed by atoms with E-state index in [1.54, 1.807) is 23.1 Å². The van der Waals surface area contributed by atoms with Crippen LogP contribution in [0.25, 0.3) is 0 Å². The van der Waals surface area contributed by atoms with Gasteiger partial charge in [-0.3, -0.25) is 9.59 Å². The molecule has 0 aliphatic carbocycles. The predicted molar refractivity (Wildman–Crippen MR) is 103 cm³/mol. The van der Waals surface area contributed by atoms with Crippen molar-refractivity contribution in [3.05, 3.63) is 59.2 Å². The molecule has 4 rings (SSSR count). The Labute approximate surface area is 163 Å². The molecule has 2 aromatic carbocycles. The van der Waals surface area contributed by atoms with Crippen LogP contribution < -0.4 is 9.47 Å². The summed E-state index contributed by atoms with van der Waals surface area (Å²) in [7, 11) is 0. The molecule has 2 aliphatic rings. The molecule has 6 heteroatoms. The molecule has 0 radical (unpaired) electrons. The molecule has 0 spiro atoms. The standard InChI is InChI=1S/C22H23NO5/c1-15-5-2-3-6-17(15)12-22(21(25)26)9-4-10-23(13-22)20(24)16-7-8-18-19(11-16)28-14-27-18/h2-3,5-8,11H,4,9-10,12-14H2,1H3,(H,25,26). The Hall–Kier alpha value is -3.02. The quantitative estimate of drug-likeness (QED) is 0.880. The molecule has 0 bridgehead atoms. The van der Waals surface area contributed by atoms with E-state index in [2.05, 4.69) is 0 Å². The molecule has 28 heavy (non-hydrogen) atoms. The maximum absolute atomic E-state index is 13.1. The number of aliphatic carboxylic acids is 1. The molecule has 2 aromatic rings. The number of rotatable bonds is 4. The van der Waals surface area contributed by atoms with Gasteiger partial charge in [-0.1, -0.05) is 24.3 Å². The van der Waals surface area contributed by atoms with Crippen molar-refractivity contribution < 1.29 is 24.2 Å². The fourth-order valence-corrected chi connectivity index (χ4v) is 4.08. The Kier molecular flexibility index (Phi) is 4.71. The van der Waals surface area contributed by atoms with Gasteiger partial charge in [-0.15, -0.1) is 0 Å². The first-order chi connectivity index (χ1) is 13.5. The van der Waals surface area contributed by atoms with Crippen molar-refractivity contribution >= 4 is 11.9 Å². The van der Waals surface area contributed by atoms with Crippen molar-refractivity contribution in [2.45, 2.75) is 26.2 Å². The number of ether oxygens (including phenoxy) is 2. The zero-order valence-corrected chi connectivity index (χ0v) is 15.8. The van der Waals surface area contributed by atoms with Gasteiger partial charge in [0.05, 0.1) is 5.41 Å². The number of carbonyl (C=O) groups excluding carboxylic acids is 1. The minimum absolute atomic E-state index is 0.148. The van der Waals surface area contributed by atoms with Crippen LogP contribution in [0.2, 0.25) is 0 Å². The summed E-state index contributed by atoms with van der Waals surface area (Å²) in [5.41, 5.74) is 1.60. The smallest absolute Gasteiger partial charge is 0.311 e. The number of benzene rings is 2. The summed E-state index contributed by atoms with van der Waals surface area (Å²) >= 11 is 0. The lowest BCUT2D eigenvalue weighted by atomic mass is 9.74. The van der Waals surface area contributed by atoms with Gasteiger partial charge in [-0.25, -0.2) is 0 Å². The largest absolute Gasteiger partial charge is 0.481 e. The van der Waals surface area contributed by atoms with E-state index in [4.69, 9.17) is 9.47 Å². The van der Waals surface area contributed by atoms with E-state index in [0.717, 1.165) is 11.1 Å². The number of fused-ring (bicyclic) bond motifs is 1. The fraction of sp³-hybridized carbons (Fsp3) is 0.364. The van der Waals surface area contributed by atoms with Gasteiger partial charge >= 0.3 is 5.97 Å². The van der Waals surface area contributed by atoms with E-state index < -0.39 is 11.4 Å². The lowest BCUT2D eigenvalue weighted by Gasteiger charge is -2.40. The summed E-state index contributed by atoms with van der Waals surface area (Å²) in [6, 6.07) is 12.9. The summed E-state index contributed by atoms with van der Waals surface area (Å²) in [6.07, 6.45) is 1.63. The Morgan fingerprint density at radius 1 is 1.14 bits per heavy atom. The number of hydrogen-bond acceptors (Lipinski definition) is 4. The Balaban J connectivity index is 1.58. The van der Waals surface area contributed by atoms with Gasteiger partial charge in [0.15, 0.2) is 11.5 Å². The van der Waals surface area contributed by atoms with Crippen molar-refractivity contribution in [3.8, 4) is 11.5 Å². The number of carbonyl (C=O) groups is 2. The van der Waals surface area contributed by atoms with Crippen molar-refractivity contribution in [1.29, 1.82) is 0 Å². The molecule has 0 aromatic heterocycles. The maximum atomic E-state index is 13.1. The van der Waals surface area contributed by atoms with Crippen molar-refractivity contribution in [2.24, 2.45) is 5.41 Å². The van der Waals surface area contributed by atoms with Crippen LogP contribution in [0.3, 0.4) is 0 Å². The van der Waals surface area contributed by atoms with E-state index in [1.807, 2.05) is 31.2 Å². The third-order valence-corrected chi connectivity index (χ3v) is 5.73. The van der Waals surface area contributed by atoms with E-state index in [9.17, 15) is 14.7 Å². The van der Waals surface area contributed by atoms with Crippen molar-refractivity contribution in [2.75, 3.05) is 19.9 Å². The van der Waals surface area contributed by atoms with Crippen LogP contribution >= 0.6 is 0 Å². The summed E-state index contributed by atoms with van der Waals surface area (Å²) in [6.45, 7) is 2.89. The van der Waals surface area contributed by atoms with Crippen LogP contribution in [0.1, 0.15) is 34.3 Å². The normalized spacial score (nSPS) is 20.8. The number of carboxylic acid groups (broad SMARTS) is 1. The molecular weight excluding hydrogens is 358 g/mol. The lowest BCUT2D eigenvalue weighted by molar-refractivity contribution is -0.151. The fourth-order valence-electron chi connectivity index (χ4n) is 4.08. The molecule has 1 N–H and O–H groups in total. The second-order valence-electron chi connectivity index (χ2n) is 7.59. The topological polar surface area (TPSA) is 76.1 Å². The van der Waals surface area contributed by atoms with Gasteiger partial charge in [0.1, 0.15) is 0 Å². The first-order valence-corrected chi connectivity index (χ1v) is 9.45. The van der Waals surface area contributed by atoms with Gasteiger partial charge in [0, 0.05) is 18.7 Å². The van der Waals surface area contributed by atoms with Crippen LogP contribution in [-0.2, 0) is 11.2 Å². The van der Waals surface area contributed by atoms with Gasteiger partial charge in [0.25, 0.3) is 5.91 Å². The van der Waals surface area contributed by atoms with Crippen LogP contribution in [0.15, 0.2) is 42.5 Å². The second-order valence-corrected chi connectivity index (χ2v) is 7.59. The summed E-state index contributed by atoms with van der Waals surface area (Å²) in [5, 5.41) is 10.1. The molecule has 1 saturated heterocycles. The van der Waals surface area contributed by atoms with Gasteiger partial charge < -0.3 is 19.5 Å². The number of piperidine rings is 1. The highest BCUT2D eigenvalue weighted by Crippen LogP contribution is 2.37. The van der Waals surface area contributed by atoms with Crippen LogP contribution in [0.5, 0.6) is 11.5 Å². The average molecular weight is 381 g/mol. The number of hydrogen-bond donors (Lipinski definition) is 1. The second kappa shape index (κ2) is 7.19. The zero-order chi connectivity index (χ0) is 19.7. The number of aryl methyl sites for hydroxylation is 1. The van der Waals surface area contributed by atoms with Crippen molar-refractivity contribution in [3.63, 3.8) is 0 Å². The van der Waals surface area contributed by atoms with E-state index in [-0.39, 0.29) is 19.2 Å². The summed E-state index contributed by atoms with van der Waals surface area (Å²) < 4.78 is 10.7. The highest BCUT2D eigenvalue weighted by atomic mass is 16.7. The molecule has 1 fully saturated rings. The predicted octanol–water partition coefficient (Wildman–Crippen LogP) is 3.27. The van der Waals surface area contributed by atoms with Crippen LogP contribution in [0, 0.1) is 12.3 Å². The average Bonchev–Trinajstić information content (AvgIpc) is 3.17. The van der Waals surface area contributed by atoms with Crippen LogP contribution in [0.4, 0.5) is 0 Å². The Morgan fingerprint density at radius 3 is 2.71 bits per heavy atom. The van der Waals surface area contributed by atoms with E-state index in [1.165, 1.54) is 0 Å². The molecule has 0 saturated carbocycles. The highest BCUT2D eigenvalue weighted by molar-refractivity contribution is 5.95. The number of nitrogens with zero attached hydrogens (tertiary/aromatic N) is 1.